The minimum absolute atomic E-state index is 0.0258. The fraction of sp³-hybridized carbons (Fsp3) is 0.238. The molecule has 2 N–H and O–H groups in total. The molecule has 0 aliphatic rings. The van der Waals surface area contributed by atoms with Crippen molar-refractivity contribution in [2.45, 2.75) is 32.7 Å². The van der Waals surface area contributed by atoms with E-state index in [-0.39, 0.29) is 11.4 Å². The number of hydrogen-bond donors (Lipinski definition) is 2. The summed E-state index contributed by atoms with van der Waals surface area (Å²) in [5.74, 6) is -0.775. The number of nitrogens with zero attached hydrogens (tertiary/aromatic N) is 1. The fourth-order valence-electron chi connectivity index (χ4n) is 2.36. The molecule has 0 aliphatic heterocycles. The maximum Gasteiger partial charge on any atom is 0.267 e. The van der Waals surface area contributed by atoms with Gasteiger partial charge in [-0.05, 0) is 48.2 Å². The molecule has 4 nitrogen and oxygen atoms in total. The Morgan fingerprint density at radius 3 is 2.38 bits per heavy atom. The Kier molecular flexibility index (Phi) is 7.38. The van der Waals surface area contributed by atoms with Crippen molar-refractivity contribution in [1.82, 2.24) is 5.32 Å². The quantitative estimate of drug-likeness (QED) is 0.550. The molecule has 0 radical (unpaired) electrons. The van der Waals surface area contributed by atoms with Crippen LogP contribution >= 0.6 is 0 Å². The molecule has 0 spiro atoms. The highest BCUT2D eigenvalue weighted by Gasteiger charge is 2.09. The molecule has 5 heteroatoms. The van der Waals surface area contributed by atoms with Gasteiger partial charge in [-0.2, -0.15) is 5.26 Å². The van der Waals surface area contributed by atoms with Gasteiger partial charge in [-0.1, -0.05) is 37.6 Å². The number of rotatable bonds is 8. The van der Waals surface area contributed by atoms with Gasteiger partial charge >= 0.3 is 0 Å². The van der Waals surface area contributed by atoms with E-state index in [4.69, 9.17) is 0 Å². The fourth-order valence-corrected chi connectivity index (χ4v) is 2.36. The van der Waals surface area contributed by atoms with Gasteiger partial charge in [0, 0.05) is 18.4 Å². The van der Waals surface area contributed by atoms with Crippen molar-refractivity contribution >= 4 is 11.6 Å². The number of nitriles is 1. The SMILES string of the molecule is CCCCc1ccc(NC(=O)/C(C#N)=C\NCc2ccc(F)cc2)cc1. The van der Waals surface area contributed by atoms with Crippen LogP contribution in [0.15, 0.2) is 60.3 Å². The molecule has 0 saturated heterocycles. The summed E-state index contributed by atoms with van der Waals surface area (Å²) in [4.78, 5) is 12.2. The number of unbranched alkanes of at least 4 members (excludes halogenated alkanes) is 1. The Balaban J connectivity index is 1.90. The summed E-state index contributed by atoms with van der Waals surface area (Å²) in [5.41, 5.74) is 2.70. The van der Waals surface area contributed by atoms with Crippen LogP contribution in [0.4, 0.5) is 10.1 Å². The highest BCUT2D eigenvalue weighted by molar-refractivity contribution is 6.06. The van der Waals surface area contributed by atoms with E-state index in [0.29, 0.717) is 12.2 Å². The van der Waals surface area contributed by atoms with Crippen molar-refractivity contribution in [2.24, 2.45) is 0 Å². The first-order valence-electron chi connectivity index (χ1n) is 8.60. The van der Waals surface area contributed by atoms with E-state index in [0.717, 1.165) is 24.8 Å². The predicted octanol–water partition coefficient (Wildman–Crippen LogP) is 4.30. The van der Waals surface area contributed by atoms with Gasteiger partial charge in [0.15, 0.2) is 0 Å². The Morgan fingerprint density at radius 1 is 1.12 bits per heavy atom. The molecule has 134 valence electrons. The number of aryl methyl sites for hydroxylation is 1. The summed E-state index contributed by atoms with van der Waals surface area (Å²) < 4.78 is 12.9. The van der Waals surface area contributed by atoms with E-state index >= 15 is 0 Å². The van der Waals surface area contributed by atoms with E-state index in [2.05, 4.69) is 17.6 Å². The molecule has 0 fully saturated rings. The highest BCUT2D eigenvalue weighted by atomic mass is 19.1. The van der Waals surface area contributed by atoms with Gasteiger partial charge in [-0.3, -0.25) is 4.79 Å². The van der Waals surface area contributed by atoms with Crippen LogP contribution in [0.3, 0.4) is 0 Å². The predicted molar refractivity (Wildman–Crippen MR) is 101 cm³/mol. The molecule has 0 unspecified atom stereocenters. The van der Waals surface area contributed by atoms with Crippen molar-refractivity contribution in [3.8, 4) is 6.07 Å². The summed E-state index contributed by atoms with van der Waals surface area (Å²) in [6.45, 7) is 2.54. The Morgan fingerprint density at radius 2 is 1.77 bits per heavy atom. The summed E-state index contributed by atoms with van der Waals surface area (Å²) in [6, 6.07) is 15.5. The number of amides is 1. The number of hydrogen-bond acceptors (Lipinski definition) is 3. The molecule has 0 saturated carbocycles. The molecule has 0 aliphatic carbocycles. The molecular formula is C21H22FN3O. The molecule has 0 aromatic heterocycles. The second kappa shape index (κ2) is 10.00. The summed E-state index contributed by atoms with van der Waals surface area (Å²) >= 11 is 0. The number of nitrogens with one attached hydrogen (secondary N) is 2. The lowest BCUT2D eigenvalue weighted by molar-refractivity contribution is -0.112. The molecule has 2 rings (SSSR count). The summed E-state index contributed by atoms with van der Waals surface area (Å²) in [5, 5.41) is 14.8. The number of carbonyl (C=O) groups excluding carboxylic acids is 1. The average molecular weight is 351 g/mol. The standard InChI is InChI=1S/C21H22FN3O/c1-2-3-4-16-7-11-20(12-8-16)25-21(26)18(13-23)15-24-14-17-5-9-19(22)10-6-17/h5-12,15,24H,2-4,14H2,1H3,(H,25,26)/b18-15-. The third-order valence-corrected chi connectivity index (χ3v) is 3.86. The highest BCUT2D eigenvalue weighted by Crippen LogP contribution is 2.12. The first kappa shape index (κ1) is 19.2. The van der Waals surface area contributed by atoms with Crippen molar-refractivity contribution in [3.63, 3.8) is 0 Å². The van der Waals surface area contributed by atoms with Gasteiger partial charge < -0.3 is 10.6 Å². The summed E-state index contributed by atoms with van der Waals surface area (Å²) in [7, 11) is 0. The van der Waals surface area contributed by atoms with Crippen LogP contribution in [-0.2, 0) is 17.8 Å². The normalized spacial score (nSPS) is 10.9. The minimum Gasteiger partial charge on any atom is -0.386 e. The van der Waals surface area contributed by atoms with E-state index in [1.807, 2.05) is 30.3 Å². The topological polar surface area (TPSA) is 64.9 Å². The van der Waals surface area contributed by atoms with Crippen LogP contribution < -0.4 is 10.6 Å². The zero-order valence-electron chi connectivity index (χ0n) is 14.8. The first-order valence-corrected chi connectivity index (χ1v) is 8.60. The van der Waals surface area contributed by atoms with Crippen molar-refractivity contribution < 1.29 is 9.18 Å². The van der Waals surface area contributed by atoms with E-state index in [9.17, 15) is 14.4 Å². The maximum atomic E-state index is 12.9. The van der Waals surface area contributed by atoms with Crippen molar-refractivity contribution in [1.29, 1.82) is 5.26 Å². The van der Waals surface area contributed by atoms with Crippen LogP contribution in [0, 0.1) is 17.1 Å². The lowest BCUT2D eigenvalue weighted by Crippen LogP contribution is -2.16. The van der Waals surface area contributed by atoms with Crippen LogP contribution in [0.1, 0.15) is 30.9 Å². The maximum absolute atomic E-state index is 12.9. The van der Waals surface area contributed by atoms with Crippen molar-refractivity contribution in [2.75, 3.05) is 5.32 Å². The molecule has 2 aromatic rings. The van der Waals surface area contributed by atoms with Crippen molar-refractivity contribution in [3.05, 3.63) is 77.2 Å². The molecule has 0 bridgehead atoms. The second-order valence-electron chi connectivity index (χ2n) is 5.93. The molecular weight excluding hydrogens is 329 g/mol. The number of anilines is 1. The molecule has 26 heavy (non-hydrogen) atoms. The zero-order chi connectivity index (χ0) is 18.8. The van der Waals surface area contributed by atoms with Gasteiger partial charge in [0.1, 0.15) is 17.5 Å². The smallest absolute Gasteiger partial charge is 0.267 e. The third kappa shape index (κ3) is 6.06. The zero-order valence-corrected chi connectivity index (χ0v) is 14.8. The monoisotopic (exact) mass is 351 g/mol. The Hall–Kier alpha value is -3.13. The minimum atomic E-state index is -0.472. The van der Waals surface area contributed by atoms with Crippen LogP contribution in [-0.4, -0.2) is 5.91 Å². The summed E-state index contributed by atoms with van der Waals surface area (Å²) in [6.07, 6.45) is 4.65. The number of carbonyl (C=O) groups is 1. The molecule has 0 atom stereocenters. The molecule has 0 heterocycles. The van der Waals surface area contributed by atoms with Crippen LogP contribution in [0.2, 0.25) is 0 Å². The Labute approximate surface area is 153 Å². The van der Waals surface area contributed by atoms with Crippen LogP contribution in [0.5, 0.6) is 0 Å². The lowest BCUT2D eigenvalue weighted by atomic mass is 10.1. The largest absolute Gasteiger partial charge is 0.386 e. The third-order valence-electron chi connectivity index (χ3n) is 3.86. The Bertz CT molecular complexity index is 790. The second-order valence-corrected chi connectivity index (χ2v) is 5.93. The number of benzene rings is 2. The van der Waals surface area contributed by atoms with Gasteiger partial charge in [-0.15, -0.1) is 0 Å². The average Bonchev–Trinajstić information content (AvgIpc) is 2.66. The van der Waals surface area contributed by atoms with E-state index < -0.39 is 5.91 Å². The van der Waals surface area contributed by atoms with Gasteiger partial charge in [-0.25, -0.2) is 4.39 Å². The lowest BCUT2D eigenvalue weighted by Gasteiger charge is -2.07. The number of halogens is 1. The van der Waals surface area contributed by atoms with Gasteiger partial charge in [0.05, 0.1) is 0 Å². The van der Waals surface area contributed by atoms with E-state index in [1.165, 1.54) is 23.9 Å². The molecule has 2 aromatic carbocycles. The van der Waals surface area contributed by atoms with Gasteiger partial charge in [0.2, 0.25) is 0 Å². The molecule has 1 amide bonds. The van der Waals surface area contributed by atoms with E-state index in [1.54, 1.807) is 12.1 Å². The van der Waals surface area contributed by atoms with Crippen LogP contribution in [0.25, 0.3) is 0 Å². The van der Waals surface area contributed by atoms with Gasteiger partial charge in [0.25, 0.3) is 5.91 Å². The first-order chi connectivity index (χ1) is 12.6.